The molecule has 0 bridgehead atoms. The molecular formula is C33H41FN2O6. The quantitative estimate of drug-likeness (QED) is 0.368. The molecule has 0 aliphatic carbocycles. The summed E-state index contributed by atoms with van der Waals surface area (Å²) in [5.41, 5.74) is 7.57. The summed E-state index contributed by atoms with van der Waals surface area (Å²) in [6, 6.07) is 6.95. The minimum Gasteiger partial charge on any atom is -0.490 e. The Morgan fingerprint density at radius 1 is 1.21 bits per heavy atom. The molecule has 2 aliphatic rings. The Hall–Kier alpha value is -3.98. The van der Waals surface area contributed by atoms with E-state index in [1.807, 2.05) is 20.9 Å². The summed E-state index contributed by atoms with van der Waals surface area (Å²) in [6.45, 7) is 10.6. The number of methoxy groups -OCH3 is 1. The maximum atomic E-state index is 14.9. The van der Waals surface area contributed by atoms with Crippen LogP contribution in [0.4, 0.5) is 10.1 Å². The summed E-state index contributed by atoms with van der Waals surface area (Å²) in [4.78, 5) is 27.8. The molecule has 2 N–H and O–H groups in total. The zero-order valence-corrected chi connectivity index (χ0v) is 25.5. The number of rotatable bonds is 5. The van der Waals surface area contributed by atoms with Gasteiger partial charge in [0, 0.05) is 31.0 Å². The smallest absolute Gasteiger partial charge is 0.307 e. The maximum Gasteiger partial charge on any atom is 0.307 e. The van der Waals surface area contributed by atoms with Crippen molar-refractivity contribution >= 4 is 17.9 Å². The number of ether oxygens (including phenoxy) is 2. The fourth-order valence-corrected chi connectivity index (χ4v) is 5.17. The molecule has 226 valence electrons. The predicted octanol–water partition coefficient (Wildman–Crippen LogP) is 5.73. The summed E-state index contributed by atoms with van der Waals surface area (Å²) >= 11 is 0. The maximum absolute atomic E-state index is 14.9. The van der Waals surface area contributed by atoms with Crippen molar-refractivity contribution in [2.24, 2.45) is 0 Å². The highest BCUT2D eigenvalue weighted by molar-refractivity contribution is 5.86. The highest BCUT2D eigenvalue weighted by Crippen LogP contribution is 2.44. The average molecular weight is 581 g/mol. The summed E-state index contributed by atoms with van der Waals surface area (Å²) < 4.78 is 25.2. The number of pyridine rings is 1. The number of benzene rings is 2. The molecule has 2 aromatic carbocycles. The Bertz CT molecular complexity index is 1440. The second-order valence-electron chi connectivity index (χ2n) is 11.5. The SMILES string of the molecule is CC(C)(C)O.COc1ncccc1C=O.Cc1cc2c(c(-c3cc(F)c4c(c3C)CCCO4)c1CC(=O)O)CCN2C. The number of aldehydes is 1. The van der Waals surface area contributed by atoms with Gasteiger partial charge in [0.1, 0.15) is 0 Å². The minimum atomic E-state index is -0.870. The van der Waals surface area contributed by atoms with Crippen LogP contribution in [0.2, 0.25) is 0 Å². The molecule has 42 heavy (non-hydrogen) atoms. The Morgan fingerprint density at radius 2 is 1.90 bits per heavy atom. The van der Waals surface area contributed by atoms with Crippen LogP contribution in [0.5, 0.6) is 11.6 Å². The van der Waals surface area contributed by atoms with Crippen LogP contribution in [-0.4, -0.2) is 60.4 Å². The van der Waals surface area contributed by atoms with Gasteiger partial charge in [0.15, 0.2) is 17.9 Å². The third-order valence-corrected chi connectivity index (χ3v) is 7.00. The number of nitrogens with zero attached hydrogens (tertiary/aromatic N) is 2. The number of halogens is 1. The third-order valence-electron chi connectivity index (χ3n) is 7.00. The highest BCUT2D eigenvalue weighted by Gasteiger charge is 2.28. The van der Waals surface area contributed by atoms with Gasteiger partial charge in [0.2, 0.25) is 5.88 Å². The van der Waals surface area contributed by atoms with Gasteiger partial charge in [-0.1, -0.05) is 0 Å². The second-order valence-corrected chi connectivity index (χ2v) is 11.5. The van der Waals surface area contributed by atoms with Gasteiger partial charge in [0.25, 0.3) is 0 Å². The van der Waals surface area contributed by atoms with Gasteiger partial charge in [-0.05, 0) is 112 Å². The van der Waals surface area contributed by atoms with Crippen LogP contribution in [0, 0.1) is 19.7 Å². The first-order valence-electron chi connectivity index (χ1n) is 14.0. The predicted molar refractivity (Wildman–Crippen MR) is 162 cm³/mol. The highest BCUT2D eigenvalue weighted by atomic mass is 19.1. The lowest BCUT2D eigenvalue weighted by Gasteiger charge is -2.25. The van der Waals surface area contributed by atoms with Crippen LogP contribution < -0.4 is 14.4 Å². The van der Waals surface area contributed by atoms with Crippen LogP contribution in [0.25, 0.3) is 11.1 Å². The number of aliphatic carboxylic acids is 1. The molecule has 0 unspecified atom stereocenters. The molecule has 0 spiro atoms. The standard InChI is InChI=1S/C22H24FNO3.C7H7NO2.C4H10O/c1-12-9-19-15(6-7-24(19)3)21(16(12)11-20(25)26)17-10-18(23)22-14(13(17)2)5-4-8-27-22;1-10-7-6(5-9)3-2-4-8-7;1-4(2,3)5/h9-10H,4-8,11H2,1-3H3,(H,25,26);2-5H,1H3;5H,1-3H3. The van der Waals surface area contributed by atoms with Crippen molar-refractivity contribution in [2.75, 3.05) is 32.2 Å². The lowest BCUT2D eigenvalue weighted by molar-refractivity contribution is -0.136. The van der Waals surface area contributed by atoms with E-state index in [4.69, 9.17) is 14.6 Å². The van der Waals surface area contributed by atoms with Crippen molar-refractivity contribution in [2.45, 2.75) is 65.9 Å². The van der Waals surface area contributed by atoms with Crippen LogP contribution in [0.1, 0.15) is 65.4 Å². The van der Waals surface area contributed by atoms with Crippen molar-refractivity contribution < 1.29 is 33.7 Å². The number of aromatic nitrogens is 1. The van der Waals surface area contributed by atoms with E-state index in [1.54, 1.807) is 39.1 Å². The van der Waals surface area contributed by atoms with E-state index >= 15 is 0 Å². The van der Waals surface area contributed by atoms with E-state index in [9.17, 15) is 19.1 Å². The van der Waals surface area contributed by atoms with Crippen molar-refractivity contribution in [1.82, 2.24) is 4.98 Å². The zero-order valence-electron chi connectivity index (χ0n) is 25.5. The van der Waals surface area contributed by atoms with Crippen LogP contribution in [0.15, 0.2) is 30.5 Å². The van der Waals surface area contributed by atoms with Gasteiger partial charge in [-0.25, -0.2) is 9.37 Å². The van der Waals surface area contributed by atoms with E-state index in [0.717, 1.165) is 70.4 Å². The monoisotopic (exact) mass is 580 g/mol. The molecular weight excluding hydrogens is 539 g/mol. The van der Waals surface area contributed by atoms with Gasteiger partial charge >= 0.3 is 5.97 Å². The molecule has 1 aromatic heterocycles. The number of fused-ring (bicyclic) bond motifs is 2. The molecule has 5 rings (SSSR count). The van der Waals surface area contributed by atoms with Gasteiger partial charge in [0.05, 0.1) is 31.3 Å². The molecule has 9 heteroatoms. The van der Waals surface area contributed by atoms with Gasteiger partial charge in [-0.2, -0.15) is 0 Å². The number of carbonyl (C=O) groups excluding carboxylic acids is 1. The number of anilines is 1. The van der Waals surface area contributed by atoms with E-state index in [0.29, 0.717) is 30.1 Å². The second kappa shape index (κ2) is 13.8. The van der Waals surface area contributed by atoms with Crippen molar-refractivity contribution in [1.29, 1.82) is 0 Å². The molecule has 3 aromatic rings. The first-order valence-corrected chi connectivity index (χ1v) is 14.0. The molecule has 0 atom stereocenters. The minimum absolute atomic E-state index is 0.0627. The molecule has 0 fully saturated rings. The van der Waals surface area contributed by atoms with E-state index in [2.05, 4.69) is 16.0 Å². The molecule has 8 nitrogen and oxygen atoms in total. The van der Waals surface area contributed by atoms with E-state index in [1.165, 1.54) is 13.2 Å². The van der Waals surface area contributed by atoms with Crippen LogP contribution in [0.3, 0.4) is 0 Å². The largest absolute Gasteiger partial charge is 0.490 e. The molecule has 3 heterocycles. The van der Waals surface area contributed by atoms with Crippen LogP contribution in [-0.2, 0) is 24.1 Å². The Labute approximate surface area is 247 Å². The third kappa shape index (κ3) is 7.85. The normalized spacial score (nSPS) is 13.4. The Morgan fingerprint density at radius 3 is 2.50 bits per heavy atom. The summed E-state index contributed by atoms with van der Waals surface area (Å²) in [6.07, 6.45) is 4.72. The molecule has 0 amide bonds. The molecule has 2 aliphatic heterocycles. The number of carboxylic acids is 1. The van der Waals surface area contributed by atoms with Gasteiger partial charge < -0.3 is 24.6 Å². The van der Waals surface area contributed by atoms with E-state index < -0.39 is 11.6 Å². The Kier molecular flexibility index (Phi) is 10.7. The number of aryl methyl sites for hydroxylation is 1. The van der Waals surface area contributed by atoms with Crippen molar-refractivity contribution in [3.8, 4) is 22.8 Å². The Balaban J connectivity index is 0.000000266. The average Bonchev–Trinajstić information content (AvgIpc) is 3.30. The molecule has 0 saturated heterocycles. The summed E-state index contributed by atoms with van der Waals surface area (Å²) in [5, 5.41) is 18.0. The lowest BCUT2D eigenvalue weighted by atomic mass is 9.84. The number of aliphatic hydroxyl groups is 1. The van der Waals surface area contributed by atoms with E-state index in [-0.39, 0.29) is 12.2 Å². The summed E-state index contributed by atoms with van der Waals surface area (Å²) in [7, 11) is 3.52. The number of hydrogen-bond acceptors (Lipinski definition) is 7. The first kappa shape index (κ1) is 32.5. The topological polar surface area (TPSA) is 109 Å². The fourth-order valence-electron chi connectivity index (χ4n) is 5.17. The number of carbonyl (C=O) groups is 2. The number of likely N-dealkylation sites (N-methyl/N-ethyl adjacent to an activating group) is 1. The number of hydrogen-bond donors (Lipinski definition) is 2. The first-order chi connectivity index (χ1) is 19.8. The van der Waals surface area contributed by atoms with Gasteiger partial charge in [-0.15, -0.1) is 0 Å². The lowest BCUT2D eigenvalue weighted by Crippen LogP contribution is -2.14. The summed E-state index contributed by atoms with van der Waals surface area (Å²) in [5.74, 6) is -0.487. The molecule has 0 radical (unpaired) electrons. The molecule has 0 saturated carbocycles. The fraction of sp³-hybridized carbons (Fsp3) is 0.424. The van der Waals surface area contributed by atoms with Crippen molar-refractivity contribution in [3.05, 3.63) is 69.7 Å². The van der Waals surface area contributed by atoms with Crippen LogP contribution >= 0.6 is 0 Å². The van der Waals surface area contributed by atoms with Crippen molar-refractivity contribution in [3.63, 3.8) is 0 Å². The van der Waals surface area contributed by atoms with Gasteiger partial charge in [-0.3, -0.25) is 9.59 Å². The zero-order chi connectivity index (χ0) is 31.2. The number of carboxylic acid groups (broad SMARTS) is 1.